The highest BCUT2D eigenvalue weighted by Gasteiger charge is 2.32. The molecule has 3 nitrogen and oxygen atoms in total. The molecule has 128 valence electrons. The van der Waals surface area contributed by atoms with Crippen LogP contribution in [0.4, 0.5) is 0 Å². The average molecular weight is 310 g/mol. The van der Waals surface area contributed by atoms with Crippen molar-refractivity contribution in [1.29, 1.82) is 0 Å². The zero-order valence-corrected chi connectivity index (χ0v) is 15.2. The lowest BCUT2D eigenvalue weighted by Gasteiger charge is -2.38. The van der Waals surface area contributed by atoms with Crippen LogP contribution in [-0.4, -0.2) is 24.6 Å². The maximum Gasteiger partial charge on any atom is 0.160 e. The molecule has 0 aromatic carbocycles. The van der Waals surface area contributed by atoms with Crippen molar-refractivity contribution in [3.63, 3.8) is 0 Å². The summed E-state index contributed by atoms with van der Waals surface area (Å²) in [6, 6.07) is 0. The first-order valence-corrected chi connectivity index (χ1v) is 8.62. The van der Waals surface area contributed by atoms with Gasteiger partial charge in [0.25, 0.3) is 0 Å². The molecule has 0 spiro atoms. The number of hydrogen-bond donors (Lipinski definition) is 0. The largest absolute Gasteiger partial charge is 0.492 e. The smallest absolute Gasteiger partial charge is 0.160 e. The van der Waals surface area contributed by atoms with Crippen LogP contribution in [0.5, 0.6) is 0 Å². The number of ether oxygens (including phenoxy) is 3. The third-order valence-electron chi connectivity index (χ3n) is 4.16. The van der Waals surface area contributed by atoms with Crippen LogP contribution >= 0.6 is 0 Å². The van der Waals surface area contributed by atoms with Crippen LogP contribution in [-0.2, 0) is 14.2 Å². The molecule has 0 radical (unpaired) electrons. The van der Waals surface area contributed by atoms with Crippen molar-refractivity contribution in [2.45, 2.75) is 85.4 Å². The van der Waals surface area contributed by atoms with Gasteiger partial charge >= 0.3 is 0 Å². The molecule has 0 aliphatic carbocycles. The Kier molecular flexibility index (Phi) is 8.19. The molecule has 22 heavy (non-hydrogen) atoms. The summed E-state index contributed by atoms with van der Waals surface area (Å²) in [6.45, 7) is 16.6. The fourth-order valence-electron chi connectivity index (χ4n) is 2.72. The van der Waals surface area contributed by atoms with Crippen LogP contribution in [0.3, 0.4) is 0 Å². The Balaban J connectivity index is 2.27. The van der Waals surface area contributed by atoms with Crippen molar-refractivity contribution in [1.82, 2.24) is 0 Å². The Morgan fingerprint density at radius 1 is 1.23 bits per heavy atom. The fourth-order valence-corrected chi connectivity index (χ4v) is 2.72. The van der Waals surface area contributed by atoms with E-state index in [0.717, 1.165) is 18.6 Å². The average Bonchev–Trinajstić information content (AvgIpc) is 2.40. The lowest BCUT2D eigenvalue weighted by Crippen LogP contribution is -2.40. The predicted molar refractivity (Wildman–Crippen MR) is 91.6 cm³/mol. The molecule has 0 aromatic heterocycles. The predicted octanol–water partition coefficient (Wildman–Crippen LogP) is 5.07. The number of rotatable bonds is 8. The number of hydrogen-bond acceptors (Lipinski definition) is 3. The summed E-state index contributed by atoms with van der Waals surface area (Å²) < 4.78 is 17.6. The third kappa shape index (κ3) is 6.97. The Bertz CT molecular complexity index is 362. The van der Waals surface area contributed by atoms with Crippen molar-refractivity contribution < 1.29 is 14.2 Å². The first kappa shape index (κ1) is 19.2. The molecule has 0 unspecified atom stereocenters. The van der Waals surface area contributed by atoms with E-state index in [2.05, 4.69) is 40.3 Å². The van der Waals surface area contributed by atoms with E-state index in [0.29, 0.717) is 11.8 Å². The second-order valence-electron chi connectivity index (χ2n) is 6.96. The normalized spacial score (nSPS) is 30.7. The molecule has 1 fully saturated rings. The first-order valence-electron chi connectivity index (χ1n) is 8.62. The van der Waals surface area contributed by atoms with E-state index >= 15 is 0 Å². The van der Waals surface area contributed by atoms with Gasteiger partial charge in [-0.2, -0.15) is 0 Å². The van der Waals surface area contributed by atoms with Crippen molar-refractivity contribution in [3.8, 4) is 0 Å². The Labute approximate surface area is 136 Å². The van der Waals surface area contributed by atoms with Gasteiger partial charge in [-0.1, -0.05) is 26.5 Å². The molecule has 0 saturated carbocycles. The van der Waals surface area contributed by atoms with Gasteiger partial charge < -0.3 is 14.2 Å². The monoisotopic (exact) mass is 310 g/mol. The Morgan fingerprint density at radius 3 is 2.55 bits per heavy atom. The van der Waals surface area contributed by atoms with Crippen molar-refractivity contribution in [3.05, 3.63) is 24.5 Å². The van der Waals surface area contributed by atoms with Gasteiger partial charge in [0.15, 0.2) is 6.29 Å². The van der Waals surface area contributed by atoms with E-state index in [4.69, 9.17) is 14.2 Å². The van der Waals surface area contributed by atoms with Crippen LogP contribution in [0, 0.1) is 11.8 Å². The van der Waals surface area contributed by atoms with E-state index in [1.54, 1.807) is 0 Å². The lowest BCUT2D eigenvalue weighted by molar-refractivity contribution is -0.243. The maximum absolute atomic E-state index is 6.08. The molecule has 1 rings (SSSR count). The highest BCUT2D eigenvalue weighted by Crippen LogP contribution is 2.30. The van der Waals surface area contributed by atoms with Crippen LogP contribution in [0.25, 0.3) is 0 Å². The molecule has 0 bridgehead atoms. The topological polar surface area (TPSA) is 27.7 Å². The minimum absolute atomic E-state index is 0.0654. The Hall–Kier alpha value is -0.800. The summed E-state index contributed by atoms with van der Waals surface area (Å²) in [6.07, 6.45) is 7.72. The molecular formula is C19H34O3. The minimum Gasteiger partial charge on any atom is -0.492 e. The molecule has 1 heterocycles. The van der Waals surface area contributed by atoms with Crippen LogP contribution < -0.4 is 0 Å². The molecule has 1 aliphatic heterocycles. The van der Waals surface area contributed by atoms with E-state index in [-0.39, 0.29) is 24.6 Å². The van der Waals surface area contributed by atoms with E-state index in [1.807, 2.05) is 19.9 Å². The van der Waals surface area contributed by atoms with E-state index < -0.39 is 0 Å². The zero-order valence-electron chi connectivity index (χ0n) is 15.2. The van der Waals surface area contributed by atoms with Gasteiger partial charge in [-0.3, -0.25) is 0 Å². The van der Waals surface area contributed by atoms with Gasteiger partial charge in [0.05, 0.1) is 18.3 Å². The van der Waals surface area contributed by atoms with Gasteiger partial charge in [-0.05, 0) is 59.0 Å². The first-order chi connectivity index (χ1) is 10.3. The van der Waals surface area contributed by atoms with Crippen molar-refractivity contribution in [2.75, 3.05) is 0 Å². The molecule has 1 aliphatic rings. The second-order valence-corrected chi connectivity index (χ2v) is 6.96. The summed E-state index contributed by atoms with van der Waals surface area (Å²) in [5.74, 6) is 1.79. The summed E-state index contributed by atoms with van der Waals surface area (Å²) >= 11 is 0. The molecule has 0 N–H and O–H groups in total. The Morgan fingerprint density at radius 2 is 1.91 bits per heavy atom. The third-order valence-corrected chi connectivity index (χ3v) is 4.16. The van der Waals surface area contributed by atoms with Gasteiger partial charge in [0.2, 0.25) is 0 Å². The van der Waals surface area contributed by atoms with Gasteiger partial charge in [0.1, 0.15) is 5.76 Å². The van der Waals surface area contributed by atoms with E-state index in [1.165, 1.54) is 6.42 Å². The summed E-state index contributed by atoms with van der Waals surface area (Å²) in [5, 5.41) is 0. The van der Waals surface area contributed by atoms with Crippen LogP contribution in [0.15, 0.2) is 24.5 Å². The highest BCUT2D eigenvalue weighted by atomic mass is 16.7. The fraction of sp³-hybridized carbons (Fsp3) is 0.789. The highest BCUT2D eigenvalue weighted by molar-refractivity contribution is 5.07. The SMILES string of the molecule is C=C(/C=C/CC[C@@H](C)O[C@@H]1O[C@@H](C)[C@H](C)C[C@H]1C)OC(C)C. The molecule has 1 saturated heterocycles. The molecule has 0 amide bonds. The van der Waals surface area contributed by atoms with Crippen molar-refractivity contribution >= 4 is 0 Å². The minimum atomic E-state index is -0.0654. The van der Waals surface area contributed by atoms with Gasteiger partial charge in [-0.15, -0.1) is 0 Å². The van der Waals surface area contributed by atoms with Crippen LogP contribution in [0.2, 0.25) is 0 Å². The zero-order chi connectivity index (χ0) is 16.7. The lowest BCUT2D eigenvalue weighted by atomic mass is 9.90. The summed E-state index contributed by atoms with van der Waals surface area (Å²) in [7, 11) is 0. The van der Waals surface area contributed by atoms with Crippen LogP contribution in [0.1, 0.15) is 60.8 Å². The summed E-state index contributed by atoms with van der Waals surface area (Å²) in [5.41, 5.74) is 0. The molecule has 0 aromatic rings. The maximum atomic E-state index is 6.08. The quantitative estimate of drug-likeness (QED) is 0.462. The second kappa shape index (κ2) is 9.36. The number of allylic oxidation sites excluding steroid dienone is 2. The molecular weight excluding hydrogens is 276 g/mol. The standard InChI is InChI=1S/C19H34O3/c1-13(2)20-16(5)10-8-9-11-17(6)21-19-15(4)12-14(3)18(7)22-19/h8,10,13-15,17-19H,5,9,11-12H2,1-4,6-7H3/b10-8+/t14-,15-,17-,18+,19-/m1/s1. The van der Waals surface area contributed by atoms with Crippen molar-refractivity contribution in [2.24, 2.45) is 11.8 Å². The summed E-state index contributed by atoms with van der Waals surface area (Å²) in [4.78, 5) is 0. The van der Waals surface area contributed by atoms with E-state index in [9.17, 15) is 0 Å². The van der Waals surface area contributed by atoms with Gasteiger partial charge in [-0.25, -0.2) is 0 Å². The molecule has 5 atom stereocenters. The molecule has 3 heteroatoms. The van der Waals surface area contributed by atoms with Gasteiger partial charge in [0, 0.05) is 5.92 Å².